The molecule has 0 unspecified atom stereocenters. The second kappa shape index (κ2) is 3.44. The van der Waals surface area contributed by atoms with Crippen LogP contribution in [-0.2, 0) is 0 Å². The molecule has 0 heterocycles. The molecule has 9 heavy (non-hydrogen) atoms. The minimum atomic E-state index is 0.522. The highest BCUT2D eigenvalue weighted by molar-refractivity contribution is 5.97. The van der Waals surface area contributed by atoms with E-state index in [-0.39, 0.29) is 0 Å². The Hall–Kier alpha value is -0.590. The number of hydrogen-bond donors (Lipinski definition) is 0. The Morgan fingerprint density at radius 2 is 1.89 bits per heavy atom. The molecule has 0 aliphatic heterocycles. The van der Waals surface area contributed by atoms with Crippen molar-refractivity contribution in [1.29, 1.82) is 0 Å². The molecule has 0 aromatic carbocycles. The fourth-order valence-electron chi connectivity index (χ4n) is 0.561. The van der Waals surface area contributed by atoms with Crippen LogP contribution in [0.2, 0.25) is 0 Å². The van der Waals surface area contributed by atoms with E-state index in [0.717, 1.165) is 11.3 Å². The number of nitrogens with zero attached hydrogens (tertiary/aromatic N) is 1. The Kier molecular flexibility index (Phi) is 3.21. The Bertz CT molecular complexity index is 132. The van der Waals surface area contributed by atoms with Crippen LogP contribution in [-0.4, -0.2) is 12.8 Å². The second-order valence-corrected chi connectivity index (χ2v) is 2.49. The van der Waals surface area contributed by atoms with Crippen LogP contribution in [0.5, 0.6) is 0 Å². The van der Waals surface area contributed by atoms with Crippen molar-refractivity contribution in [2.45, 2.75) is 20.8 Å². The zero-order chi connectivity index (χ0) is 7.44. The lowest BCUT2D eigenvalue weighted by atomic mass is 10.0. The van der Waals surface area contributed by atoms with Crippen molar-refractivity contribution in [3.63, 3.8) is 0 Å². The van der Waals surface area contributed by atoms with Gasteiger partial charge in [0.15, 0.2) is 0 Å². The first kappa shape index (κ1) is 8.41. The standard InChI is InChI=1S/C8H15N/c1-6(2)7(3)8(4)9-5/h6H,3H2,1-2,4-5H3. The highest BCUT2D eigenvalue weighted by Crippen LogP contribution is 2.07. The Balaban J connectivity index is 4.06. The van der Waals surface area contributed by atoms with E-state index in [1.165, 1.54) is 0 Å². The summed E-state index contributed by atoms with van der Waals surface area (Å²) in [5.41, 5.74) is 2.20. The molecule has 0 aliphatic carbocycles. The van der Waals surface area contributed by atoms with Crippen molar-refractivity contribution < 1.29 is 0 Å². The molecular formula is C8H15N. The quantitative estimate of drug-likeness (QED) is 0.502. The lowest BCUT2D eigenvalue weighted by molar-refractivity contribution is 0.804. The summed E-state index contributed by atoms with van der Waals surface area (Å²) in [6.45, 7) is 10.1. The molecule has 0 amide bonds. The third kappa shape index (κ3) is 2.45. The van der Waals surface area contributed by atoms with Crippen molar-refractivity contribution in [2.24, 2.45) is 10.9 Å². The molecule has 0 aromatic rings. The summed E-state index contributed by atoms with van der Waals surface area (Å²) in [6, 6.07) is 0. The fourth-order valence-corrected chi connectivity index (χ4v) is 0.561. The predicted molar refractivity (Wildman–Crippen MR) is 43.0 cm³/mol. The van der Waals surface area contributed by atoms with Crippen LogP contribution in [0.25, 0.3) is 0 Å². The minimum Gasteiger partial charge on any atom is -0.293 e. The fraction of sp³-hybridized carbons (Fsp3) is 0.625. The van der Waals surface area contributed by atoms with Crippen LogP contribution in [0.1, 0.15) is 20.8 Å². The first-order valence-corrected chi connectivity index (χ1v) is 3.22. The van der Waals surface area contributed by atoms with Crippen LogP contribution >= 0.6 is 0 Å². The van der Waals surface area contributed by atoms with Crippen molar-refractivity contribution in [1.82, 2.24) is 0 Å². The van der Waals surface area contributed by atoms with Crippen molar-refractivity contribution in [2.75, 3.05) is 7.05 Å². The molecule has 0 radical (unpaired) electrons. The Morgan fingerprint density at radius 3 is 2.00 bits per heavy atom. The van der Waals surface area contributed by atoms with Crippen LogP contribution < -0.4 is 0 Å². The van der Waals surface area contributed by atoms with Gasteiger partial charge in [0, 0.05) is 12.8 Å². The minimum absolute atomic E-state index is 0.522. The predicted octanol–water partition coefficient (Wildman–Crippen LogP) is 2.29. The molecule has 0 fully saturated rings. The molecule has 0 N–H and O–H groups in total. The van der Waals surface area contributed by atoms with Crippen LogP contribution in [0.15, 0.2) is 17.1 Å². The Labute approximate surface area is 57.5 Å². The number of aliphatic imine (C=N–C) groups is 1. The van der Waals surface area contributed by atoms with E-state index in [1.807, 2.05) is 6.92 Å². The summed E-state index contributed by atoms with van der Waals surface area (Å²) in [5, 5.41) is 0. The molecule has 1 nitrogen and oxygen atoms in total. The van der Waals surface area contributed by atoms with E-state index in [1.54, 1.807) is 7.05 Å². The average Bonchev–Trinajstić information content (AvgIpc) is 1.84. The molecule has 0 aliphatic rings. The summed E-state index contributed by atoms with van der Waals surface area (Å²) in [4.78, 5) is 4.03. The van der Waals surface area contributed by atoms with Crippen LogP contribution in [0.4, 0.5) is 0 Å². The summed E-state index contributed by atoms with van der Waals surface area (Å²) in [5.74, 6) is 0.522. The lowest BCUT2D eigenvalue weighted by Gasteiger charge is -2.06. The maximum absolute atomic E-state index is 4.03. The van der Waals surface area contributed by atoms with E-state index in [2.05, 4.69) is 25.4 Å². The molecule has 0 bridgehead atoms. The maximum atomic E-state index is 4.03. The zero-order valence-corrected chi connectivity index (χ0v) is 6.73. The normalized spacial score (nSPS) is 12.3. The molecule has 0 atom stereocenters. The molecule has 0 rings (SSSR count). The van der Waals surface area contributed by atoms with Gasteiger partial charge in [-0.2, -0.15) is 0 Å². The maximum Gasteiger partial charge on any atom is 0.0342 e. The van der Waals surface area contributed by atoms with E-state index in [0.29, 0.717) is 5.92 Å². The molecular weight excluding hydrogens is 110 g/mol. The van der Waals surface area contributed by atoms with Gasteiger partial charge < -0.3 is 0 Å². The van der Waals surface area contributed by atoms with E-state index in [4.69, 9.17) is 0 Å². The second-order valence-electron chi connectivity index (χ2n) is 2.49. The van der Waals surface area contributed by atoms with Crippen molar-refractivity contribution >= 4 is 5.71 Å². The first-order chi connectivity index (χ1) is 4.09. The smallest absolute Gasteiger partial charge is 0.0342 e. The van der Waals surface area contributed by atoms with Gasteiger partial charge in [0.2, 0.25) is 0 Å². The summed E-state index contributed by atoms with van der Waals surface area (Å²) in [7, 11) is 1.79. The zero-order valence-electron chi connectivity index (χ0n) is 6.73. The number of rotatable bonds is 2. The summed E-state index contributed by atoms with van der Waals surface area (Å²) in [6.07, 6.45) is 0. The Morgan fingerprint density at radius 1 is 1.44 bits per heavy atom. The van der Waals surface area contributed by atoms with Crippen molar-refractivity contribution in [3.8, 4) is 0 Å². The largest absolute Gasteiger partial charge is 0.293 e. The number of allylic oxidation sites excluding steroid dienone is 1. The highest BCUT2D eigenvalue weighted by atomic mass is 14.7. The summed E-state index contributed by atoms with van der Waals surface area (Å²) < 4.78 is 0. The average molecular weight is 125 g/mol. The molecule has 52 valence electrons. The molecule has 0 saturated carbocycles. The van der Waals surface area contributed by atoms with Gasteiger partial charge in [-0.15, -0.1) is 0 Å². The molecule has 0 aromatic heterocycles. The van der Waals surface area contributed by atoms with Gasteiger partial charge in [-0.25, -0.2) is 0 Å². The van der Waals surface area contributed by atoms with Gasteiger partial charge in [0.1, 0.15) is 0 Å². The lowest BCUT2D eigenvalue weighted by Crippen LogP contribution is -2.02. The molecule has 0 spiro atoms. The third-order valence-electron chi connectivity index (χ3n) is 1.50. The highest BCUT2D eigenvalue weighted by Gasteiger charge is 2.00. The topological polar surface area (TPSA) is 12.4 Å². The SMILES string of the molecule is C=C(C(C)=NC)C(C)C. The first-order valence-electron chi connectivity index (χ1n) is 3.22. The van der Waals surface area contributed by atoms with Crippen LogP contribution in [0.3, 0.4) is 0 Å². The van der Waals surface area contributed by atoms with E-state index in [9.17, 15) is 0 Å². The molecule has 1 heteroatoms. The van der Waals surface area contributed by atoms with Gasteiger partial charge in [-0.05, 0) is 18.4 Å². The monoisotopic (exact) mass is 125 g/mol. The van der Waals surface area contributed by atoms with Gasteiger partial charge in [0.25, 0.3) is 0 Å². The van der Waals surface area contributed by atoms with Crippen LogP contribution in [0, 0.1) is 5.92 Å². The van der Waals surface area contributed by atoms with Gasteiger partial charge in [-0.3, -0.25) is 4.99 Å². The van der Waals surface area contributed by atoms with Crippen molar-refractivity contribution in [3.05, 3.63) is 12.2 Å². The third-order valence-corrected chi connectivity index (χ3v) is 1.50. The van der Waals surface area contributed by atoms with E-state index < -0.39 is 0 Å². The van der Waals surface area contributed by atoms with Gasteiger partial charge in [0.05, 0.1) is 0 Å². The number of hydrogen-bond acceptors (Lipinski definition) is 1. The van der Waals surface area contributed by atoms with Gasteiger partial charge in [-0.1, -0.05) is 20.4 Å². The van der Waals surface area contributed by atoms with Gasteiger partial charge >= 0.3 is 0 Å². The van der Waals surface area contributed by atoms with E-state index >= 15 is 0 Å². The summed E-state index contributed by atoms with van der Waals surface area (Å²) >= 11 is 0. The molecule has 0 saturated heterocycles.